The number of hydrogen-bond donors (Lipinski definition) is 4. The van der Waals surface area contributed by atoms with E-state index in [-0.39, 0.29) is 29.0 Å². The molecule has 9 nitrogen and oxygen atoms in total. The third kappa shape index (κ3) is 11.4. The van der Waals surface area contributed by atoms with E-state index < -0.39 is 35.7 Å². The summed E-state index contributed by atoms with van der Waals surface area (Å²) in [6, 6.07) is 22.0. The van der Waals surface area contributed by atoms with Crippen molar-refractivity contribution in [1.82, 2.24) is 5.43 Å². The van der Waals surface area contributed by atoms with E-state index in [2.05, 4.69) is 20.7 Å². The van der Waals surface area contributed by atoms with Crippen LogP contribution in [-0.2, 0) is 23.1 Å². The fraction of sp³-hybridized carbons (Fsp3) is 0.263. The number of nitrogens with one attached hydrogen (secondary N) is 2. The van der Waals surface area contributed by atoms with E-state index in [0.29, 0.717) is 29.0 Å². The first-order chi connectivity index (χ1) is 25.4. The van der Waals surface area contributed by atoms with Crippen LogP contribution in [0.1, 0.15) is 68.7 Å². The number of anilines is 2. The molecule has 15 heteroatoms. The molecule has 5 rings (SSSR count). The van der Waals surface area contributed by atoms with Gasteiger partial charge in [0.05, 0.1) is 28.1 Å². The van der Waals surface area contributed by atoms with Gasteiger partial charge in [0.25, 0.3) is 11.8 Å². The summed E-state index contributed by atoms with van der Waals surface area (Å²) in [7, 11) is -1.56. The predicted octanol–water partition coefficient (Wildman–Crippen LogP) is 6.48. The minimum atomic E-state index is -4.66. The minimum absolute atomic E-state index is 0.0559. The van der Waals surface area contributed by atoms with Crippen molar-refractivity contribution in [3.8, 4) is 0 Å². The number of ketones is 1. The molecule has 1 fully saturated rings. The number of benzene rings is 4. The summed E-state index contributed by atoms with van der Waals surface area (Å²) in [5, 5.41) is 24.7. The zero-order valence-corrected chi connectivity index (χ0v) is 30.1. The van der Waals surface area contributed by atoms with Gasteiger partial charge in [-0.25, -0.2) is 5.43 Å². The molecular weight excluding hydrogens is 728 g/mol. The van der Waals surface area contributed by atoms with Crippen molar-refractivity contribution in [2.75, 3.05) is 29.1 Å². The summed E-state index contributed by atoms with van der Waals surface area (Å²) < 4.78 is 39.9. The largest absolute Gasteiger partial charge is 0.488 e. The van der Waals surface area contributed by atoms with Crippen molar-refractivity contribution in [3.63, 3.8) is 0 Å². The Morgan fingerprint density at radius 3 is 2.38 bits per heavy atom. The molecule has 1 heterocycles. The zero-order chi connectivity index (χ0) is 38.0. The standard InChI is InChI=1S/C38H37BClF3N4O5S/c40-34-13-9-26(21-33(34)38(41,42)43)23-44-46-37(50)32-22-30(47-16-2-1-3-17-47)12-14-35(32)45-36(49)28-6-4-5-27(19-28)24-53-18-15-31(48)20-25-7-10-29(11-8-25)39(51)52/h4-14,19,21-23,51-52H,1-3,15-18,20,24H2,(H,45,49)(H,46,50)/b44-23+. The predicted molar refractivity (Wildman–Crippen MR) is 204 cm³/mol. The number of carbonyl (C=O) groups is 3. The number of carbonyl (C=O) groups excluding carboxylic acids is 3. The van der Waals surface area contributed by atoms with Gasteiger partial charge in [-0.15, -0.1) is 0 Å². The second kappa shape index (κ2) is 18.4. The number of piperidine rings is 1. The van der Waals surface area contributed by atoms with E-state index in [4.69, 9.17) is 11.6 Å². The number of Topliss-reactive ketones (excluding diaryl/α,β-unsaturated/α-hetero) is 1. The molecule has 1 aliphatic rings. The third-order valence-electron chi connectivity index (χ3n) is 8.56. The van der Waals surface area contributed by atoms with Gasteiger partial charge in [-0.2, -0.15) is 30.0 Å². The number of amides is 2. The summed E-state index contributed by atoms with van der Waals surface area (Å²) in [4.78, 5) is 41.5. The van der Waals surface area contributed by atoms with Crippen molar-refractivity contribution < 1.29 is 37.6 Å². The molecule has 1 saturated heterocycles. The Kier molecular flexibility index (Phi) is 13.8. The Hall–Kier alpha value is -4.63. The molecule has 0 radical (unpaired) electrons. The molecule has 0 aromatic heterocycles. The Morgan fingerprint density at radius 1 is 0.906 bits per heavy atom. The first kappa shape index (κ1) is 39.6. The van der Waals surface area contributed by atoms with Crippen LogP contribution >= 0.6 is 23.4 Å². The Labute approximate surface area is 314 Å². The number of hydrazone groups is 1. The van der Waals surface area contributed by atoms with Gasteiger partial charge >= 0.3 is 13.3 Å². The van der Waals surface area contributed by atoms with Crippen molar-refractivity contribution in [2.45, 2.75) is 44.0 Å². The lowest BCUT2D eigenvalue weighted by Crippen LogP contribution is -2.30. The molecule has 1 aliphatic heterocycles. The van der Waals surface area contributed by atoms with Gasteiger partial charge in [0.1, 0.15) is 5.78 Å². The van der Waals surface area contributed by atoms with E-state index in [9.17, 15) is 37.6 Å². The van der Waals surface area contributed by atoms with Gasteiger partial charge in [-0.1, -0.05) is 54.1 Å². The first-order valence-electron chi connectivity index (χ1n) is 16.9. The summed E-state index contributed by atoms with van der Waals surface area (Å²) >= 11 is 7.27. The highest BCUT2D eigenvalue weighted by Gasteiger charge is 2.33. The maximum Gasteiger partial charge on any atom is 0.488 e. The van der Waals surface area contributed by atoms with E-state index in [1.54, 1.807) is 66.4 Å². The summed E-state index contributed by atoms with van der Waals surface area (Å²) in [6.45, 7) is 1.62. The number of halogens is 4. The second-order valence-corrected chi connectivity index (χ2v) is 14.0. The Bertz CT molecular complexity index is 1960. The summed E-state index contributed by atoms with van der Waals surface area (Å²) in [5.74, 6) is 0.0811. The van der Waals surface area contributed by atoms with Crippen LogP contribution in [0, 0.1) is 0 Å². The van der Waals surface area contributed by atoms with Gasteiger partial charge in [-0.05, 0) is 83.9 Å². The second-order valence-electron chi connectivity index (χ2n) is 12.5. The highest BCUT2D eigenvalue weighted by molar-refractivity contribution is 7.98. The van der Waals surface area contributed by atoms with Crippen LogP contribution in [0.15, 0.2) is 90.0 Å². The maximum absolute atomic E-state index is 13.5. The van der Waals surface area contributed by atoms with Gasteiger partial charge in [0.15, 0.2) is 0 Å². The molecule has 2 amide bonds. The SMILES string of the molecule is O=C(CCSCc1cccc(C(=O)Nc2ccc(N3CCCCC3)cc2C(=O)N/N=C/c2ccc(Cl)c(C(F)(F)F)c2)c1)Cc1ccc(B(O)O)cc1. The number of hydrogen-bond acceptors (Lipinski definition) is 8. The van der Waals surface area contributed by atoms with Crippen LogP contribution in [0.5, 0.6) is 0 Å². The fourth-order valence-electron chi connectivity index (χ4n) is 5.74. The average molecular weight is 765 g/mol. The average Bonchev–Trinajstić information content (AvgIpc) is 3.14. The highest BCUT2D eigenvalue weighted by atomic mass is 35.5. The Morgan fingerprint density at radius 2 is 1.66 bits per heavy atom. The Balaban J connectivity index is 1.22. The minimum Gasteiger partial charge on any atom is -0.423 e. The van der Waals surface area contributed by atoms with Crippen LogP contribution in [0.4, 0.5) is 24.5 Å². The fourth-order valence-corrected chi connectivity index (χ4v) is 6.90. The first-order valence-corrected chi connectivity index (χ1v) is 18.4. The van der Waals surface area contributed by atoms with Gasteiger partial charge in [0, 0.05) is 48.7 Å². The van der Waals surface area contributed by atoms with Gasteiger partial charge in [-0.3, -0.25) is 14.4 Å². The number of rotatable bonds is 14. The smallest absolute Gasteiger partial charge is 0.423 e. The van der Waals surface area contributed by atoms with Crippen LogP contribution in [0.2, 0.25) is 5.02 Å². The third-order valence-corrected chi connectivity index (χ3v) is 9.91. The van der Waals surface area contributed by atoms with Crippen LogP contribution in [-0.4, -0.2) is 59.8 Å². The molecule has 53 heavy (non-hydrogen) atoms. The van der Waals surface area contributed by atoms with Crippen molar-refractivity contribution in [3.05, 3.63) is 123 Å². The quantitative estimate of drug-likeness (QED) is 0.0501. The molecule has 0 unspecified atom stereocenters. The molecular formula is C38H37BClF3N4O5S. The lowest BCUT2D eigenvalue weighted by atomic mass is 9.80. The topological polar surface area (TPSA) is 131 Å². The zero-order valence-electron chi connectivity index (χ0n) is 28.5. The normalized spacial score (nSPS) is 13.2. The molecule has 0 saturated carbocycles. The molecule has 4 N–H and O–H groups in total. The van der Waals surface area contributed by atoms with E-state index in [0.717, 1.165) is 67.5 Å². The molecule has 0 spiro atoms. The molecule has 0 aliphatic carbocycles. The lowest BCUT2D eigenvalue weighted by Gasteiger charge is -2.29. The molecule has 4 aromatic rings. The number of alkyl halides is 3. The molecule has 276 valence electrons. The van der Waals surface area contributed by atoms with Crippen LogP contribution < -0.4 is 21.1 Å². The molecule has 4 aromatic carbocycles. The highest BCUT2D eigenvalue weighted by Crippen LogP contribution is 2.35. The molecule has 0 atom stereocenters. The van der Waals surface area contributed by atoms with E-state index in [1.807, 2.05) is 12.1 Å². The van der Waals surface area contributed by atoms with Gasteiger partial charge in [0.2, 0.25) is 0 Å². The van der Waals surface area contributed by atoms with Crippen LogP contribution in [0.25, 0.3) is 0 Å². The maximum atomic E-state index is 13.5. The number of nitrogens with zero attached hydrogens (tertiary/aromatic N) is 2. The van der Waals surface area contributed by atoms with E-state index >= 15 is 0 Å². The van der Waals surface area contributed by atoms with Crippen LogP contribution in [0.3, 0.4) is 0 Å². The van der Waals surface area contributed by atoms with Crippen molar-refractivity contribution in [1.29, 1.82) is 0 Å². The summed E-state index contributed by atoms with van der Waals surface area (Å²) in [6.07, 6.45) is 0.138. The summed E-state index contributed by atoms with van der Waals surface area (Å²) in [5.41, 5.74) is 4.97. The monoisotopic (exact) mass is 764 g/mol. The van der Waals surface area contributed by atoms with Crippen molar-refractivity contribution in [2.24, 2.45) is 5.10 Å². The lowest BCUT2D eigenvalue weighted by molar-refractivity contribution is -0.137. The molecule has 0 bridgehead atoms. The number of thioether (sulfide) groups is 1. The van der Waals surface area contributed by atoms with E-state index in [1.165, 1.54) is 6.07 Å². The van der Waals surface area contributed by atoms with Crippen molar-refractivity contribution >= 4 is 71.1 Å². The van der Waals surface area contributed by atoms with Gasteiger partial charge < -0.3 is 20.3 Å².